The zero-order chi connectivity index (χ0) is 18.5. The molecule has 2 aromatic carbocycles. The number of rotatable bonds is 2. The van der Waals surface area contributed by atoms with Crippen molar-refractivity contribution < 1.29 is 31.1 Å². The number of ether oxygens (including phenoxy) is 1. The van der Waals surface area contributed by atoms with Gasteiger partial charge in [-0.1, -0.05) is 12.1 Å². The van der Waals surface area contributed by atoms with Crippen LogP contribution in [-0.2, 0) is 0 Å². The molecule has 3 aromatic rings. The van der Waals surface area contributed by atoms with E-state index in [0.29, 0.717) is 10.9 Å². The molecule has 1 aromatic heterocycles. The third-order valence-electron chi connectivity index (χ3n) is 4.52. The van der Waals surface area contributed by atoms with Crippen molar-refractivity contribution in [2.24, 2.45) is 0 Å². The van der Waals surface area contributed by atoms with Crippen LogP contribution in [0, 0.1) is 11.6 Å². The molecule has 0 bridgehead atoms. The van der Waals surface area contributed by atoms with Gasteiger partial charge in [-0.15, -0.1) is 13.2 Å². The van der Waals surface area contributed by atoms with Gasteiger partial charge in [0.2, 0.25) is 5.82 Å². The molecular weight excluding hydrogens is 355 g/mol. The van der Waals surface area contributed by atoms with Gasteiger partial charge >= 0.3 is 6.36 Å². The van der Waals surface area contributed by atoms with Crippen LogP contribution >= 0.6 is 0 Å². The normalized spacial score (nSPS) is 15.5. The predicted molar refractivity (Wildman–Crippen MR) is 86.8 cm³/mol. The van der Waals surface area contributed by atoms with Crippen LogP contribution in [0.5, 0.6) is 5.75 Å². The van der Waals surface area contributed by atoms with E-state index in [9.17, 15) is 22.0 Å². The summed E-state index contributed by atoms with van der Waals surface area (Å²) in [7, 11) is 0. The zero-order valence-electron chi connectivity index (χ0n) is 13.4. The lowest BCUT2D eigenvalue weighted by molar-refractivity contribution is -0.275. The summed E-state index contributed by atoms with van der Waals surface area (Å²) in [5, 5.41) is 0.491. The first kappa shape index (κ1) is 16.9. The molecule has 4 rings (SSSR count). The molecule has 0 spiro atoms. The third-order valence-corrected chi connectivity index (χ3v) is 4.52. The highest BCUT2D eigenvalue weighted by Crippen LogP contribution is 2.39. The summed E-state index contributed by atoms with van der Waals surface area (Å²) in [6, 6.07) is 5.28. The van der Waals surface area contributed by atoms with Crippen molar-refractivity contribution in [3.05, 3.63) is 47.5 Å². The first-order valence-electron chi connectivity index (χ1n) is 8.13. The first-order chi connectivity index (χ1) is 12.3. The van der Waals surface area contributed by atoms with Gasteiger partial charge in [0, 0.05) is 16.3 Å². The van der Waals surface area contributed by atoms with Gasteiger partial charge in [-0.25, -0.2) is 4.39 Å². The molecule has 0 saturated heterocycles. The molecule has 1 aliphatic rings. The molecule has 136 valence electrons. The van der Waals surface area contributed by atoms with Crippen LogP contribution in [0.15, 0.2) is 34.8 Å². The van der Waals surface area contributed by atoms with Gasteiger partial charge in [0.25, 0.3) is 0 Å². The quantitative estimate of drug-likeness (QED) is 0.469. The molecular formula is C19H13F5O2. The largest absolute Gasteiger partial charge is 0.573 e. The van der Waals surface area contributed by atoms with E-state index >= 15 is 0 Å². The molecule has 0 N–H and O–H groups in total. The van der Waals surface area contributed by atoms with Crippen molar-refractivity contribution in [3.8, 4) is 5.75 Å². The van der Waals surface area contributed by atoms with Crippen molar-refractivity contribution in [2.75, 3.05) is 0 Å². The van der Waals surface area contributed by atoms with Gasteiger partial charge in [0.05, 0.1) is 0 Å². The molecule has 0 amide bonds. The van der Waals surface area contributed by atoms with Crippen LogP contribution < -0.4 is 4.74 Å². The molecule has 26 heavy (non-hydrogen) atoms. The molecule has 0 aliphatic heterocycles. The van der Waals surface area contributed by atoms with E-state index in [2.05, 4.69) is 4.74 Å². The zero-order valence-corrected chi connectivity index (χ0v) is 13.4. The molecule has 0 radical (unpaired) electrons. The number of alkyl halides is 3. The van der Waals surface area contributed by atoms with E-state index in [1.54, 1.807) is 12.1 Å². The van der Waals surface area contributed by atoms with Crippen LogP contribution in [0.1, 0.15) is 31.2 Å². The average molecular weight is 368 g/mol. The lowest BCUT2D eigenvalue weighted by atomic mass is 9.93. The summed E-state index contributed by atoms with van der Waals surface area (Å²) < 4.78 is 75.3. The number of furan rings is 1. The van der Waals surface area contributed by atoms with Crippen molar-refractivity contribution in [2.45, 2.75) is 32.0 Å². The van der Waals surface area contributed by atoms with Crippen LogP contribution in [0.3, 0.4) is 0 Å². The number of hydrogen-bond acceptors (Lipinski definition) is 2. The molecule has 0 atom stereocenters. The fourth-order valence-electron chi connectivity index (χ4n) is 3.35. The number of hydrogen-bond donors (Lipinski definition) is 0. The lowest BCUT2D eigenvalue weighted by Gasteiger charge is -2.13. The smallest absolute Gasteiger partial charge is 0.450 e. The fourth-order valence-corrected chi connectivity index (χ4v) is 3.35. The van der Waals surface area contributed by atoms with E-state index < -0.39 is 29.3 Å². The summed E-state index contributed by atoms with van der Waals surface area (Å²) in [5.74, 6) is -2.96. The molecule has 1 heterocycles. The fraction of sp³-hybridized carbons (Fsp3) is 0.263. The minimum atomic E-state index is -5.04. The number of fused-ring (bicyclic) bond motifs is 3. The summed E-state index contributed by atoms with van der Waals surface area (Å²) in [6.45, 7) is 0. The SMILES string of the molecule is Fc1c(OC(F)(F)F)ccc2c1oc1c(F)c(C3=CCCCC3)ccc12. The average Bonchev–Trinajstić information content (AvgIpc) is 2.98. The molecule has 0 saturated carbocycles. The van der Waals surface area contributed by atoms with Crippen molar-refractivity contribution >= 4 is 27.5 Å². The van der Waals surface area contributed by atoms with E-state index in [-0.39, 0.29) is 11.0 Å². The summed E-state index contributed by atoms with van der Waals surface area (Å²) in [6.07, 6.45) is 0.528. The van der Waals surface area contributed by atoms with E-state index in [1.165, 1.54) is 6.07 Å². The Balaban J connectivity index is 1.89. The molecule has 0 fully saturated rings. The number of benzene rings is 2. The van der Waals surface area contributed by atoms with Gasteiger partial charge < -0.3 is 9.15 Å². The summed E-state index contributed by atoms with van der Waals surface area (Å²) in [5.41, 5.74) is 0.601. The van der Waals surface area contributed by atoms with E-state index in [4.69, 9.17) is 4.42 Å². The molecule has 1 aliphatic carbocycles. The second-order valence-electron chi connectivity index (χ2n) is 6.18. The predicted octanol–water partition coefficient (Wildman–Crippen LogP) is 6.72. The topological polar surface area (TPSA) is 22.4 Å². The second kappa shape index (κ2) is 6.00. The Kier molecular flexibility index (Phi) is 3.89. The van der Waals surface area contributed by atoms with Gasteiger partial charge in [-0.3, -0.25) is 0 Å². The summed E-state index contributed by atoms with van der Waals surface area (Å²) in [4.78, 5) is 0. The summed E-state index contributed by atoms with van der Waals surface area (Å²) >= 11 is 0. The van der Waals surface area contributed by atoms with E-state index in [1.807, 2.05) is 6.08 Å². The van der Waals surface area contributed by atoms with Gasteiger partial charge in [-0.2, -0.15) is 4.39 Å². The third kappa shape index (κ3) is 2.81. The van der Waals surface area contributed by atoms with Crippen LogP contribution in [0.2, 0.25) is 0 Å². The first-order valence-corrected chi connectivity index (χ1v) is 8.13. The van der Waals surface area contributed by atoms with Crippen molar-refractivity contribution in [1.29, 1.82) is 0 Å². The van der Waals surface area contributed by atoms with Crippen LogP contribution in [-0.4, -0.2) is 6.36 Å². The minimum Gasteiger partial charge on any atom is -0.450 e. The highest BCUT2D eigenvalue weighted by Gasteiger charge is 2.33. The van der Waals surface area contributed by atoms with Gasteiger partial charge in [-0.05, 0) is 49.5 Å². The Morgan fingerprint density at radius 1 is 0.885 bits per heavy atom. The van der Waals surface area contributed by atoms with Gasteiger partial charge in [0.1, 0.15) is 0 Å². The highest BCUT2D eigenvalue weighted by molar-refractivity contribution is 6.06. The highest BCUT2D eigenvalue weighted by atomic mass is 19.4. The number of allylic oxidation sites excluding steroid dienone is 2. The maximum atomic E-state index is 14.9. The molecule has 0 unspecified atom stereocenters. The Hall–Kier alpha value is -2.57. The second-order valence-corrected chi connectivity index (χ2v) is 6.18. The van der Waals surface area contributed by atoms with Crippen LogP contribution in [0.25, 0.3) is 27.5 Å². The maximum Gasteiger partial charge on any atom is 0.573 e. The van der Waals surface area contributed by atoms with Gasteiger partial charge in [0.15, 0.2) is 22.7 Å². The lowest BCUT2D eigenvalue weighted by Crippen LogP contribution is -2.17. The standard InChI is InChI=1S/C19H13F5O2/c20-15-11(10-4-2-1-3-5-10)6-7-12-13-8-9-14(26-19(22,23)24)16(21)18(13)25-17(12)15/h4,6-9H,1-3,5H2. The Labute approximate surface area is 144 Å². The molecule has 7 heteroatoms. The van der Waals surface area contributed by atoms with E-state index in [0.717, 1.165) is 37.3 Å². The maximum absolute atomic E-state index is 14.9. The van der Waals surface area contributed by atoms with Crippen molar-refractivity contribution in [1.82, 2.24) is 0 Å². The molecule has 2 nitrogen and oxygen atoms in total. The Bertz CT molecular complexity index is 1030. The minimum absolute atomic E-state index is 0.174. The Morgan fingerprint density at radius 3 is 2.23 bits per heavy atom. The number of halogens is 5. The Morgan fingerprint density at radius 2 is 1.58 bits per heavy atom. The van der Waals surface area contributed by atoms with Crippen LogP contribution in [0.4, 0.5) is 22.0 Å². The monoisotopic (exact) mass is 368 g/mol. The van der Waals surface area contributed by atoms with Crippen molar-refractivity contribution in [3.63, 3.8) is 0 Å².